The molecule has 3 rings (SSSR count). The lowest BCUT2D eigenvalue weighted by molar-refractivity contribution is 0.0520. The van der Waals surface area contributed by atoms with Crippen molar-refractivity contribution in [2.24, 2.45) is 0 Å². The average molecular weight is 388 g/mol. The summed E-state index contributed by atoms with van der Waals surface area (Å²) in [5.41, 5.74) is 2.59. The molecule has 154 valence electrons. The Bertz CT molecular complexity index is 633. The van der Waals surface area contributed by atoms with Gasteiger partial charge in [0.15, 0.2) is 0 Å². The van der Waals surface area contributed by atoms with Gasteiger partial charge >= 0.3 is 11.9 Å². The minimum Gasteiger partial charge on any atom is -0.462 e. The molecule has 1 aromatic heterocycles. The van der Waals surface area contributed by atoms with Gasteiger partial charge in [-0.05, 0) is 45.6 Å². The quantitative estimate of drug-likeness (QED) is 0.600. The zero-order valence-electron chi connectivity index (χ0n) is 17.3. The molecule has 2 aliphatic carbocycles. The lowest BCUT2D eigenvalue weighted by Crippen LogP contribution is -2.21. The van der Waals surface area contributed by atoms with Crippen LogP contribution >= 0.6 is 0 Å². The first-order valence-corrected chi connectivity index (χ1v) is 11.0. The van der Waals surface area contributed by atoms with Crippen LogP contribution < -0.4 is 0 Å². The molecule has 0 unspecified atom stereocenters. The Hall–Kier alpha value is -1.91. The second kappa shape index (κ2) is 10.0. The van der Waals surface area contributed by atoms with Gasteiger partial charge in [0.05, 0.1) is 35.7 Å². The van der Waals surface area contributed by atoms with Crippen LogP contribution in [0.5, 0.6) is 0 Å². The highest BCUT2D eigenvalue weighted by Gasteiger charge is 2.31. The molecule has 2 saturated carbocycles. The molecule has 0 N–H and O–H groups in total. The van der Waals surface area contributed by atoms with Gasteiger partial charge < -0.3 is 9.47 Å². The summed E-state index contributed by atoms with van der Waals surface area (Å²) < 4.78 is 10.6. The van der Waals surface area contributed by atoms with E-state index in [9.17, 15) is 9.59 Å². The van der Waals surface area contributed by atoms with Crippen molar-refractivity contribution >= 4 is 11.9 Å². The Morgan fingerprint density at radius 2 is 1.18 bits per heavy atom. The fourth-order valence-electron chi connectivity index (χ4n) is 4.66. The molecule has 0 saturated heterocycles. The van der Waals surface area contributed by atoms with Gasteiger partial charge in [-0.3, -0.25) is 4.98 Å². The molecule has 2 aliphatic rings. The smallest absolute Gasteiger partial charge is 0.340 e. The summed E-state index contributed by atoms with van der Waals surface area (Å²) in [7, 11) is 0. The number of esters is 2. The van der Waals surface area contributed by atoms with Crippen LogP contribution in [0.2, 0.25) is 0 Å². The van der Waals surface area contributed by atoms with Crippen molar-refractivity contribution in [3.8, 4) is 0 Å². The van der Waals surface area contributed by atoms with Crippen LogP contribution in [0.3, 0.4) is 0 Å². The second-order valence-electron chi connectivity index (χ2n) is 7.96. The van der Waals surface area contributed by atoms with Crippen LogP contribution in [-0.2, 0) is 9.47 Å². The maximum atomic E-state index is 12.7. The summed E-state index contributed by atoms with van der Waals surface area (Å²) in [6.45, 7) is 4.21. The van der Waals surface area contributed by atoms with Crippen molar-refractivity contribution in [2.45, 2.75) is 89.9 Å². The van der Waals surface area contributed by atoms with E-state index >= 15 is 0 Å². The van der Waals surface area contributed by atoms with Gasteiger partial charge in [-0.25, -0.2) is 9.59 Å². The number of carbonyl (C=O) groups is 2. The molecule has 0 aromatic carbocycles. The Morgan fingerprint density at radius 3 is 1.54 bits per heavy atom. The molecule has 0 radical (unpaired) electrons. The van der Waals surface area contributed by atoms with Gasteiger partial charge in [0.25, 0.3) is 0 Å². The summed E-state index contributed by atoms with van der Waals surface area (Å²) in [6, 6.07) is 1.72. The lowest BCUT2D eigenvalue weighted by Gasteiger charge is -2.27. The van der Waals surface area contributed by atoms with Crippen molar-refractivity contribution in [3.05, 3.63) is 28.6 Å². The maximum absolute atomic E-state index is 12.7. The summed E-state index contributed by atoms with van der Waals surface area (Å²) in [5.74, 6) is -0.217. The number of hydrogen-bond donors (Lipinski definition) is 0. The SMILES string of the molecule is CCOC(=O)c1cc(C(=O)OCC)c(C2CCCCC2)nc1C1CCCCC1. The molecule has 0 amide bonds. The number of pyridine rings is 1. The third-order valence-corrected chi connectivity index (χ3v) is 6.06. The van der Waals surface area contributed by atoms with E-state index in [2.05, 4.69) is 0 Å². The largest absolute Gasteiger partial charge is 0.462 e. The van der Waals surface area contributed by atoms with Crippen molar-refractivity contribution < 1.29 is 19.1 Å². The van der Waals surface area contributed by atoms with Crippen molar-refractivity contribution in [1.82, 2.24) is 4.98 Å². The van der Waals surface area contributed by atoms with Crippen molar-refractivity contribution in [3.63, 3.8) is 0 Å². The number of nitrogens with zero attached hydrogens (tertiary/aromatic N) is 1. The third kappa shape index (κ3) is 4.73. The van der Waals surface area contributed by atoms with Gasteiger partial charge in [-0.15, -0.1) is 0 Å². The summed E-state index contributed by atoms with van der Waals surface area (Å²) in [6.07, 6.45) is 11.3. The maximum Gasteiger partial charge on any atom is 0.340 e. The van der Waals surface area contributed by atoms with Crippen LogP contribution in [0.1, 0.15) is 122 Å². The predicted molar refractivity (Wildman–Crippen MR) is 108 cm³/mol. The summed E-state index contributed by atoms with van der Waals surface area (Å²) in [4.78, 5) is 30.5. The Balaban J connectivity index is 2.09. The van der Waals surface area contributed by atoms with Gasteiger partial charge in [-0.2, -0.15) is 0 Å². The average Bonchev–Trinajstić information content (AvgIpc) is 2.74. The minimum absolute atomic E-state index is 0.270. The first-order valence-electron chi connectivity index (χ1n) is 11.0. The number of carbonyl (C=O) groups excluding carboxylic acids is 2. The van der Waals surface area contributed by atoms with Crippen molar-refractivity contribution in [1.29, 1.82) is 0 Å². The molecule has 0 spiro atoms. The highest BCUT2D eigenvalue weighted by atomic mass is 16.5. The van der Waals surface area contributed by atoms with Crippen LogP contribution in [-0.4, -0.2) is 30.1 Å². The number of rotatable bonds is 6. The van der Waals surface area contributed by atoms with Crippen molar-refractivity contribution in [2.75, 3.05) is 13.2 Å². The van der Waals surface area contributed by atoms with Crippen LogP contribution in [0.15, 0.2) is 6.07 Å². The lowest BCUT2D eigenvalue weighted by atomic mass is 9.81. The number of ether oxygens (including phenoxy) is 2. The molecular weight excluding hydrogens is 354 g/mol. The van der Waals surface area contributed by atoms with Gasteiger partial charge in [0, 0.05) is 11.8 Å². The van der Waals surface area contributed by atoms with Gasteiger partial charge in [0.1, 0.15) is 0 Å². The van der Waals surface area contributed by atoms with E-state index in [4.69, 9.17) is 14.5 Å². The monoisotopic (exact) mass is 387 g/mol. The fraction of sp³-hybridized carbons (Fsp3) is 0.696. The molecule has 1 heterocycles. The molecule has 5 nitrogen and oxygen atoms in total. The Morgan fingerprint density at radius 1 is 0.786 bits per heavy atom. The standard InChI is InChI=1S/C23H33NO4/c1-3-27-22(25)18-15-19(23(26)28-4-2)21(17-13-9-6-10-14-17)24-20(18)16-11-7-5-8-12-16/h15-17H,3-14H2,1-2H3. The van der Waals surface area contributed by atoms with E-state index in [1.807, 2.05) is 0 Å². The van der Waals surface area contributed by atoms with Crippen LogP contribution in [0.4, 0.5) is 0 Å². The van der Waals surface area contributed by atoms with E-state index in [-0.39, 0.29) is 23.8 Å². The van der Waals surface area contributed by atoms with Crippen LogP contribution in [0, 0.1) is 0 Å². The highest BCUT2D eigenvalue weighted by Crippen LogP contribution is 2.38. The first kappa shape index (κ1) is 20.8. The molecule has 28 heavy (non-hydrogen) atoms. The molecular formula is C23H33NO4. The third-order valence-electron chi connectivity index (χ3n) is 6.06. The molecule has 0 aliphatic heterocycles. The Kier molecular flexibility index (Phi) is 7.46. The predicted octanol–water partition coefficient (Wildman–Crippen LogP) is 5.53. The van der Waals surface area contributed by atoms with E-state index in [1.165, 1.54) is 12.8 Å². The van der Waals surface area contributed by atoms with Crippen LogP contribution in [0.25, 0.3) is 0 Å². The first-order chi connectivity index (χ1) is 13.7. The summed E-state index contributed by atoms with van der Waals surface area (Å²) >= 11 is 0. The van der Waals surface area contributed by atoms with E-state index in [1.54, 1.807) is 19.9 Å². The van der Waals surface area contributed by atoms with E-state index in [0.29, 0.717) is 24.3 Å². The zero-order valence-corrected chi connectivity index (χ0v) is 17.3. The molecule has 0 atom stereocenters. The van der Waals surface area contributed by atoms with E-state index in [0.717, 1.165) is 62.8 Å². The number of hydrogen-bond acceptors (Lipinski definition) is 5. The van der Waals surface area contributed by atoms with Gasteiger partial charge in [0.2, 0.25) is 0 Å². The molecule has 2 fully saturated rings. The minimum atomic E-state index is -0.378. The molecule has 5 heteroatoms. The zero-order chi connectivity index (χ0) is 19.9. The van der Waals surface area contributed by atoms with E-state index < -0.39 is 0 Å². The fourth-order valence-corrected chi connectivity index (χ4v) is 4.66. The highest BCUT2D eigenvalue weighted by molar-refractivity contribution is 5.97. The summed E-state index contributed by atoms with van der Waals surface area (Å²) in [5, 5.41) is 0. The second-order valence-corrected chi connectivity index (χ2v) is 7.96. The molecule has 0 bridgehead atoms. The molecule has 1 aromatic rings. The topological polar surface area (TPSA) is 65.5 Å². The number of aromatic nitrogens is 1. The Labute approximate surface area is 168 Å². The van der Waals surface area contributed by atoms with Gasteiger partial charge in [-0.1, -0.05) is 38.5 Å². The normalized spacial score (nSPS) is 18.6.